The smallest absolute Gasteiger partial charge is 0.392 e. The lowest BCUT2D eigenvalue weighted by molar-refractivity contribution is -0.385. The number of fused-ring (bicyclic) bond motifs is 1. The van der Waals surface area contributed by atoms with Gasteiger partial charge in [-0.15, -0.1) is 0 Å². The Morgan fingerprint density at radius 3 is 2.42 bits per heavy atom. The summed E-state index contributed by atoms with van der Waals surface area (Å²) in [6, 6.07) is 15.2. The van der Waals surface area contributed by atoms with Gasteiger partial charge in [0.1, 0.15) is 5.56 Å². The Kier molecular flexibility index (Phi) is 5.56. The highest BCUT2D eigenvalue weighted by Gasteiger charge is 2.38. The van der Waals surface area contributed by atoms with E-state index in [4.69, 9.17) is 0 Å². The molecule has 33 heavy (non-hydrogen) atoms. The first-order chi connectivity index (χ1) is 15.7. The topological polar surface area (TPSA) is 110 Å². The number of benzene rings is 3. The molecule has 0 fully saturated rings. The second kappa shape index (κ2) is 8.36. The highest BCUT2D eigenvalue weighted by molar-refractivity contribution is 6.07. The molecule has 0 aliphatic heterocycles. The van der Waals surface area contributed by atoms with Crippen molar-refractivity contribution < 1.29 is 28.0 Å². The molecule has 0 bridgehead atoms. The molecule has 1 heterocycles. The lowest BCUT2D eigenvalue weighted by atomic mass is 10.1. The van der Waals surface area contributed by atoms with E-state index in [0.29, 0.717) is 5.56 Å². The van der Waals surface area contributed by atoms with E-state index in [1.165, 1.54) is 66.7 Å². The maximum absolute atomic E-state index is 13.7. The Bertz CT molecular complexity index is 1360. The van der Waals surface area contributed by atoms with Crippen molar-refractivity contribution in [3.8, 4) is 5.69 Å². The number of carbonyl (C=O) groups is 1. The van der Waals surface area contributed by atoms with Crippen LogP contribution in [0.1, 0.15) is 21.7 Å². The van der Waals surface area contributed by atoms with Crippen LogP contribution in [0.2, 0.25) is 0 Å². The predicted molar refractivity (Wildman–Crippen MR) is 113 cm³/mol. The number of carbonyl (C=O) groups excluding carboxylic acids is 1. The lowest BCUT2D eigenvalue weighted by Crippen LogP contribution is -2.15. The predicted octanol–water partition coefficient (Wildman–Crippen LogP) is 4.70. The Hall–Kier alpha value is -4.25. The van der Waals surface area contributed by atoms with Crippen LogP contribution < -0.4 is 5.32 Å². The first-order valence-electron chi connectivity index (χ1n) is 9.53. The second-order valence-corrected chi connectivity index (χ2v) is 7.03. The fourth-order valence-electron chi connectivity index (χ4n) is 3.39. The van der Waals surface area contributed by atoms with Gasteiger partial charge < -0.3 is 10.4 Å². The van der Waals surface area contributed by atoms with Crippen LogP contribution in [0.5, 0.6) is 0 Å². The summed E-state index contributed by atoms with van der Waals surface area (Å²) in [5, 5.41) is 22.9. The number of anilines is 1. The molecule has 168 valence electrons. The van der Waals surface area contributed by atoms with E-state index >= 15 is 0 Å². The van der Waals surface area contributed by atoms with E-state index in [-0.39, 0.29) is 40.3 Å². The van der Waals surface area contributed by atoms with Gasteiger partial charge in [-0.05, 0) is 48.0 Å². The number of aliphatic hydroxyl groups is 1. The summed E-state index contributed by atoms with van der Waals surface area (Å²) in [7, 11) is 0. The average Bonchev–Trinajstić information content (AvgIpc) is 3.19. The lowest BCUT2D eigenvalue weighted by Gasteiger charge is -2.12. The van der Waals surface area contributed by atoms with Gasteiger partial charge in [0.15, 0.2) is 0 Å². The Morgan fingerprint density at radius 2 is 1.79 bits per heavy atom. The standard InChI is InChI=1S/C22H15F3N4O4/c23-22(24,25)21-27-17-11-13(12-30)5-10-19(17)28(21)15-8-6-14(7-9-15)26-20(31)16-3-1-2-4-18(16)29(32)33/h1-11,30H,12H2,(H,26,31). The molecule has 8 nitrogen and oxygen atoms in total. The molecule has 4 rings (SSSR count). The van der Waals surface area contributed by atoms with Crippen LogP contribution in [0.25, 0.3) is 16.7 Å². The zero-order chi connectivity index (χ0) is 23.8. The van der Waals surface area contributed by atoms with Gasteiger partial charge >= 0.3 is 6.18 Å². The quantitative estimate of drug-likeness (QED) is 0.334. The van der Waals surface area contributed by atoms with Crippen LogP contribution in [0, 0.1) is 10.1 Å². The second-order valence-electron chi connectivity index (χ2n) is 7.03. The first kappa shape index (κ1) is 22.0. The van der Waals surface area contributed by atoms with Crippen LogP contribution in [0.4, 0.5) is 24.5 Å². The SMILES string of the molecule is O=C(Nc1ccc(-n2c(C(F)(F)F)nc3cc(CO)ccc32)cc1)c1ccccc1[N+](=O)[O-]. The maximum Gasteiger partial charge on any atom is 0.450 e. The van der Waals surface area contributed by atoms with Gasteiger partial charge in [0.05, 0.1) is 22.6 Å². The van der Waals surface area contributed by atoms with Gasteiger partial charge in [-0.1, -0.05) is 18.2 Å². The summed E-state index contributed by atoms with van der Waals surface area (Å²) in [5.74, 6) is -1.86. The van der Waals surface area contributed by atoms with Crippen molar-refractivity contribution in [3.05, 3.63) is 93.8 Å². The fraction of sp³-hybridized carbons (Fsp3) is 0.0909. The molecule has 11 heteroatoms. The molecule has 4 aromatic rings. The number of aliphatic hydroxyl groups excluding tert-OH is 1. The number of para-hydroxylation sites is 1. The third kappa shape index (κ3) is 4.26. The zero-order valence-corrected chi connectivity index (χ0v) is 16.7. The molecule has 1 aromatic heterocycles. The number of amides is 1. The van der Waals surface area contributed by atoms with E-state index in [2.05, 4.69) is 10.3 Å². The van der Waals surface area contributed by atoms with Crippen molar-refractivity contribution in [2.75, 3.05) is 5.32 Å². The Balaban J connectivity index is 1.69. The average molecular weight is 456 g/mol. The molecule has 0 spiro atoms. The number of hydrogen-bond acceptors (Lipinski definition) is 5. The van der Waals surface area contributed by atoms with E-state index in [0.717, 1.165) is 4.57 Å². The number of nitrogens with zero attached hydrogens (tertiary/aromatic N) is 3. The summed E-state index contributed by atoms with van der Waals surface area (Å²) in [6.07, 6.45) is -4.74. The largest absolute Gasteiger partial charge is 0.450 e. The van der Waals surface area contributed by atoms with Crippen molar-refractivity contribution in [2.45, 2.75) is 12.8 Å². The van der Waals surface area contributed by atoms with Crippen LogP contribution in [0.3, 0.4) is 0 Å². The normalized spacial score (nSPS) is 11.5. The third-order valence-corrected chi connectivity index (χ3v) is 4.88. The van der Waals surface area contributed by atoms with E-state index < -0.39 is 22.8 Å². The van der Waals surface area contributed by atoms with Crippen molar-refractivity contribution in [1.82, 2.24) is 9.55 Å². The van der Waals surface area contributed by atoms with Crippen molar-refractivity contribution in [3.63, 3.8) is 0 Å². The minimum absolute atomic E-state index is 0.0719. The van der Waals surface area contributed by atoms with Gasteiger partial charge in [-0.3, -0.25) is 19.5 Å². The summed E-state index contributed by atoms with van der Waals surface area (Å²) in [5.41, 5.74) is 0.556. The van der Waals surface area contributed by atoms with Crippen molar-refractivity contribution in [1.29, 1.82) is 0 Å². The molecule has 0 atom stereocenters. The molecule has 1 amide bonds. The number of nitro groups is 1. The molecule has 0 radical (unpaired) electrons. The number of aromatic nitrogens is 2. The van der Waals surface area contributed by atoms with Crippen molar-refractivity contribution >= 4 is 28.3 Å². The third-order valence-electron chi connectivity index (χ3n) is 4.88. The van der Waals surface area contributed by atoms with Gasteiger partial charge in [0, 0.05) is 17.4 Å². The fourth-order valence-corrected chi connectivity index (χ4v) is 3.39. The summed E-state index contributed by atoms with van der Waals surface area (Å²) in [4.78, 5) is 26.6. The molecule has 0 saturated carbocycles. The molecule has 3 aromatic carbocycles. The molecular formula is C22H15F3N4O4. The minimum atomic E-state index is -4.74. The van der Waals surface area contributed by atoms with E-state index in [1.54, 1.807) is 0 Å². The number of nitrogens with one attached hydrogen (secondary N) is 1. The molecule has 0 aliphatic carbocycles. The number of hydrogen-bond donors (Lipinski definition) is 2. The molecular weight excluding hydrogens is 441 g/mol. The number of imidazole rings is 1. The van der Waals surface area contributed by atoms with Crippen LogP contribution in [0.15, 0.2) is 66.7 Å². The van der Waals surface area contributed by atoms with Crippen LogP contribution in [-0.4, -0.2) is 25.5 Å². The number of nitro benzene ring substituents is 1. The highest BCUT2D eigenvalue weighted by atomic mass is 19.4. The van der Waals surface area contributed by atoms with E-state index in [1.807, 2.05) is 0 Å². The number of rotatable bonds is 5. The van der Waals surface area contributed by atoms with Gasteiger partial charge in [-0.2, -0.15) is 13.2 Å². The summed E-state index contributed by atoms with van der Waals surface area (Å²) < 4.78 is 41.9. The molecule has 0 saturated heterocycles. The zero-order valence-electron chi connectivity index (χ0n) is 16.7. The maximum atomic E-state index is 13.7. The van der Waals surface area contributed by atoms with Crippen molar-refractivity contribution in [2.24, 2.45) is 0 Å². The highest BCUT2D eigenvalue weighted by Crippen LogP contribution is 2.34. The van der Waals surface area contributed by atoms with Crippen LogP contribution in [-0.2, 0) is 12.8 Å². The summed E-state index contributed by atoms with van der Waals surface area (Å²) >= 11 is 0. The van der Waals surface area contributed by atoms with Gasteiger partial charge in [0.2, 0.25) is 5.82 Å². The number of alkyl halides is 3. The summed E-state index contributed by atoms with van der Waals surface area (Å²) in [6.45, 7) is -0.335. The first-order valence-corrected chi connectivity index (χ1v) is 9.53. The molecule has 2 N–H and O–H groups in total. The number of halogens is 3. The minimum Gasteiger partial charge on any atom is -0.392 e. The Morgan fingerprint density at radius 1 is 1.09 bits per heavy atom. The van der Waals surface area contributed by atoms with Gasteiger partial charge in [0.25, 0.3) is 11.6 Å². The molecule has 0 aliphatic rings. The Labute approximate surface area is 184 Å². The molecule has 0 unspecified atom stereocenters. The van der Waals surface area contributed by atoms with Crippen LogP contribution >= 0.6 is 0 Å². The van der Waals surface area contributed by atoms with Gasteiger partial charge in [-0.25, -0.2) is 4.98 Å². The monoisotopic (exact) mass is 456 g/mol. The van der Waals surface area contributed by atoms with E-state index in [9.17, 15) is 33.2 Å².